The van der Waals surface area contributed by atoms with Gasteiger partial charge < -0.3 is 5.48 Å². The van der Waals surface area contributed by atoms with E-state index in [2.05, 4.69) is 23.7 Å². The molecule has 7 heteroatoms. The summed E-state index contributed by atoms with van der Waals surface area (Å²) in [5.74, 6) is 12.8. The van der Waals surface area contributed by atoms with E-state index in [0.29, 0.717) is 13.0 Å². The molecule has 0 aliphatic rings. The summed E-state index contributed by atoms with van der Waals surface area (Å²) in [4.78, 5) is 0. The number of nitrogens with zero attached hydrogens (tertiary/aromatic N) is 2. The summed E-state index contributed by atoms with van der Waals surface area (Å²) in [6.45, 7) is 3.70. The maximum absolute atomic E-state index is 7.85. The lowest BCUT2D eigenvalue weighted by molar-refractivity contribution is 0.744. The standard InChI is InChI=1S/C3H7N3.C3H3N.H4N2.H2O/c4-2-1-3-6-5;1-2-3-4;1-2;/h6H,1,3,5H2;2H,1H2;1-2H2;1H2. The van der Waals surface area contributed by atoms with Crippen LogP contribution in [0.4, 0.5) is 0 Å². The predicted molar refractivity (Wildman–Crippen MR) is 50.2 cm³/mol. The Hall–Kier alpha value is -1.48. The van der Waals surface area contributed by atoms with Gasteiger partial charge in [-0.3, -0.25) is 23.0 Å². The molecule has 0 bridgehead atoms. The van der Waals surface area contributed by atoms with Crippen LogP contribution in [0, 0.1) is 22.7 Å². The number of nitrogens with two attached hydrogens (primary N) is 3. The van der Waals surface area contributed by atoms with Crippen LogP contribution in [0.5, 0.6) is 0 Å². The monoisotopic (exact) mass is 188 g/mol. The first-order valence-electron chi connectivity index (χ1n) is 2.97. The van der Waals surface area contributed by atoms with E-state index in [1.165, 1.54) is 6.08 Å². The molecule has 9 N–H and O–H groups in total. The van der Waals surface area contributed by atoms with E-state index in [4.69, 9.17) is 16.4 Å². The van der Waals surface area contributed by atoms with Gasteiger partial charge in [0.15, 0.2) is 0 Å². The molecule has 0 spiro atoms. The highest BCUT2D eigenvalue weighted by Crippen LogP contribution is 1.62. The van der Waals surface area contributed by atoms with Crippen molar-refractivity contribution in [1.82, 2.24) is 5.43 Å². The topological polar surface area (TPSA) is 169 Å². The Morgan fingerprint density at radius 1 is 1.38 bits per heavy atom. The predicted octanol–water partition coefficient (Wildman–Crippen LogP) is -1.95. The summed E-state index contributed by atoms with van der Waals surface area (Å²) >= 11 is 0. The number of nitrogens with one attached hydrogen (secondary N) is 1. The Balaban J connectivity index is -0.0000000512. The zero-order valence-corrected chi connectivity index (χ0v) is 7.33. The zero-order valence-electron chi connectivity index (χ0n) is 7.33. The van der Waals surface area contributed by atoms with Gasteiger partial charge in [0, 0.05) is 19.0 Å². The van der Waals surface area contributed by atoms with Crippen LogP contribution in [-0.4, -0.2) is 12.0 Å². The molecule has 0 aliphatic carbocycles. The van der Waals surface area contributed by atoms with Gasteiger partial charge in [0.1, 0.15) is 0 Å². The molecular weight excluding hydrogens is 172 g/mol. The van der Waals surface area contributed by atoms with Crippen molar-refractivity contribution in [3.8, 4) is 12.1 Å². The van der Waals surface area contributed by atoms with Crippen molar-refractivity contribution in [1.29, 1.82) is 10.5 Å². The fourth-order valence-electron chi connectivity index (χ4n) is 0.128. The van der Waals surface area contributed by atoms with Crippen LogP contribution in [0.25, 0.3) is 0 Å². The summed E-state index contributed by atoms with van der Waals surface area (Å²) in [6, 6.07) is 3.62. The molecule has 0 heterocycles. The van der Waals surface area contributed by atoms with Gasteiger partial charge in [-0.25, -0.2) is 0 Å². The summed E-state index contributed by atoms with van der Waals surface area (Å²) in [6.07, 6.45) is 1.66. The fourth-order valence-corrected chi connectivity index (χ4v) is 0.128. The highest BCUT2D eigenvalue weighted by molar-refractivity contribution is 4.93. The molecular formula is C6H16N6O. The Morgan fingerprint density at radius 3 is 1.85 bits per heavy atom. The summed E-state index contributed by atoms with van der Waals surface area (Å²) in [7, 11) is 0. The molecule has 0 rings (SSSR count). The smallest absolute Gasteiger partial charge is 0.0905 e. The minimum Gasteiger partial charge on any atom is -0.412 e. The van der Waals surface area contributed by atoms with E-state index in [0.717, 1.165) is 0 Å². The maximum Gasteiger partial charge on any atom is 0.0905 e. The van der Waals surface area contributed by atoms with E-state index in [9.17, 15) is 0 Å². The Kier molecular flexibility index (Phi) is 80.9. The van der Waals surface area contributed by atoms with E-state index in [1.807, 2.05) is 6.07 Å². The number of hydrogen-bond donors (Lipinski definition) is 4. The van der Waals surface area contributed by atoms with Crippen LogP contribution in [0.3, 0.4) is 0 Å². The first kappa shape index (κ1) is 22.5. The first-order valence-corrected chi connectivity index (χ1v) is 2.97. The molecule has 0 unspecified atom stereocenters. The summed E-state index contributed by atoms with van der Waals surface area (Å²) in [5.41, 5.74) is 2.35. The van der Waals surface area contributed by atoms with Crippen LogP contribution < -0.4 is 23.0 Å². The highest BCUT2D eigenvalue weighted by Gasteiger charge is 1.72. The van der Waals surface area contributed by atoms with Crippen LogP contribution in [0.1, 0.15) is 6.42 Å². The molecule has 0 aromatic carbocycles. The largest absolute Gasteiger partial charge is 0.412 e. The minimum absolute atomic E-state index is 0. The van der Waals surface area contributed by atoms with Crippen LogP contribution >= 0.6 is 0 Å². The number of rotatable bonds is 2. The Labute approximate surface area is 77.7 Å². The third kappa shape index (κ3) is 120. The lowest BCUT2D eigenvalue weighted by atomic mass is 10.5. The molecule has 0 aromatic rings. The van der Waals surface area contributed by atoms with E-state index < -0.39 is 0 Å². The molecule has 76 valence electrons. The lowest BCUT2D eigenvalue weighted by Crippen LogP contribution is -2.22. The molecule has 0 radical (unpaired) electrons. The minimum atomic E-state index is 0. The second-order valence-electron chi connectivity index (χ2n) is 1.20. The molecule has 0 aliphatic heterocycles. The van der Waals surface area contributed by atoms with Crippen molar-refractivity contribution in [3.63, 3.8) is 0 Å². The Morgan fingerprint density at radius 2 is 1.77 bits per heavy atom. The third-order valence-corrected chi connectivity index (χ3v) is 0.472. The number of allylic oxidation sites excluding steroid dienone is 1. The molecule has 0 fully saturated rings. The summed E-state index contributed by atoms with van der Waals surface area (Å²) in [5, 5.41) is 15.4. The van der Waals surface area contributed by atoms with E-state index in [1.54, 1.807) is 6.07 Å². The number of hydrazine groups is 2. The van der Waals surface area contributed by atoms with Crippen molar-refractivity contribution >= 4 is 0 Å². The SMILES string of the molecule is C=CC#N.N#CCCNN.NN.O. The second-order valence-corrected chi connectivity index (χ2v) is 1.20. The van der Waals surface area contributed by atoms with Crippen LogP contribution in [0.2, 0.25) is 0 Å². The molecule has 13 heavy (non-hydrogen) atoms. The van der Waals surface area contributed by atoms with Crippen molar-refractivity contribution in [2.45, 2.75) is 6.42 Å². The molecule has 0 saturated heterocycles. The highest BCUT2D eigenvalue weighted by atomic mass is 16.0. The summed E-state index contributed by atoms with van der Waals surface area (Å²) < 4.78 is 0. The van der Waals surface area contributed by atoms with Gasteiger partial charge in [-0.1, -0.05) is 6.58 Å². The lowest BCUT2D eigenvalue weighted by Gasteiger charge is -1.83. The normalized spacial score (nSPS) is 5.00. The van der Waals surface area contributed by atoms with Gasteiger partial charge in [0.2, 0.25) is 0 Å². The van der Waals surface area contributed by atoms with Crippen molar-refractivity contribution in [2.24, 2.45) is 17.5 Å². The molecule has 7 nitrogen and oxygen atoms in total. The maximum atomic E-state index is 7.85. The zero-order chi connectivity index (χ0) is 10.2. The van der Waals surface area contributed by atoms with E-state index in [-0.39, 0.29) is 5.48 Å². The molecule has 0 saturated carbocycles. The average molecular weight is 188 g/mol. The van der Waals surface area contributed by atoms with Gasteiger partial charge in [-0.2, -0.15) is 10.5 Å². The van der Waals surface area contributed by atoms with Crippen LogP contribution in [0.15, 0.2) is 12.7 Å². The van der Waals surface area contributed by atoms with Gasteiger partial charge in [0.05, 0.1) is 12.1 Å². The number of nitriles is 2. The Bertz CT molecular complexity index is 146. The second kappa shape index (κ2) is 46.7. The van der Waals surface area contributed by atoms with Gasteiger partial charge in [-0.05, 0) is 0 Å². The number of hydrogen-bond acceptors (Lipinski definition) is 6. The fraction of sp³-hybridized carbons (Fsp3) is 0.333. The molecule has 0 atom stereocenters. The van der Waals surface area contributed by atoms with Crippen molar-refractivity contribution in [2.75, 3.05) is 6.54 Å². The van der Waals surface area contributed by atoms with Gasteiger partial charge >= 0.3 is 0 Å². The molecule has 0 amide bonds. The van der Waals surface area contributed by atoms with E-state index >= 15 is 0 Å². The third-order valence-electron chi connectivity index (χ3n) is 0.472. The van der Waals surface area contributed by atoms with Gasteiger partial charge in [-0.15, -0.1) is 0 Å². The average Bonchev–Trinajstić information content (AvgIpc) is 2.18. The van der Waals surface area contributed by atoms with Crippen LogP contribution in [-0.2, 0) is 0 Å². The first-order chi connectivity index (χ1) is 5.83. The van der Waals surface area contributed by atoms with Gasteiger partial charge in [0.25, 0.3) is 0 Å². The quantitative estimate of drug-likeness (QED) is 0.170. The van der Waals surface area contributed by atoms with Crippen molar-refractivity contribution in [3.05, 3.63) is 12.7 Å². The van der Waals surface area contributed by atoms with Crippen molar-refractivity contribution < 1.29 is 5.48 Å². The molecule has 0 aromatic heterocycles.